The minimum atomic E-state index is 0.0298. The van der Waals surface area contributed by atoms with Gasteiger partial charge in [-0.05, 0) is 55.4 Å². The molecule has 0 spiro atoms. The molecule has 1 saturated heterocycles. The summed E-state index contributed by atoms with van der Waals surface area (Å²) in [7, 11) is 0. The lowest BCUT2D eigenvalue weighted by Crippen LogP contribution is -2.31. The van der Waals surface area contributed by atoms with Gasteiger partial charge in [-0.3, -0.25) is 4.79 Å². The van der Waals surface area contributed by atoms with E-state index < -0.39 is 0 Å². The largest absolute Gasteiger partial charge is 0.377 e. The van der Waals surface area contributed by atoms with Gasteiger partial charge in [0.25, 0.3) is 5.91 Å². The molecule has 0 bridgehead atoms. The third kappa shape index (κ3) is 3.97. The predicted octanol–water partition coefficient (Wildman–Crippen LogP) is 4.77. The van der Waals surface area contributed by atoms with E-state index in [0.717, 1.165) is 54.9 Å². The molecule has 2 atom stereocenters. The van der Waals surface area contributed by atoms with Gasteiger partial charge in [-0.25, -0.2) is 0 Å². The Morgan fingerprint density at radius 3 is 2.81 bits per heavy atom. The van der Waals surface area contributed by atoms with Gasteiger partial charge in [0.2, 0.25) is 0 Å². The number of thioether (sulfide) groups is 1. The minimum Gasteiger partial charge on any atom is -0.377 e. The van der Waals surface area contributed by atoms with E-state index in [1.54, 1.807) is 11.8 Å². The summed E-state index contributed by atoms with van der Waals surface area (Å²) < 4.78 is 5.71. The highest BCUT2D eigenvalue weighted by atomic mass is 32.2. The highest BCUT2D eigenvalue weighted by molar-refractivity contribution is 7.99. The number of aryl methyl sites for hydroxylation is 1. The quantitative estimate of drug-likeness (QED) is 0.774. The number of hydrogen-bond donors (Lipinski definition) is 1. The smallest absolute Gasteiger partial charge is 0.252 e. The van der Waals surface area contributed by atoms with Gasteiger partial charge in [0.1, 0.15) is 0 Å². The van der Waals surface area contributed by atoms with Gasteiger partial charge < -0.3 is 10.1 Å². The predicted molar refractivity (Wildman–Crippen MR) is 106 cm³/mol. The topological polar surface area (TPSA) is 38.3 Å². The number of rotatable bonds is 5. The number of benzene rings is 2. The van der Waals surface area contributed by atoms with Crippen LogP contribution >= 0.6 is 11.8 Å². The van der Waals surface area contributed by atoms with Crippen molar-refractivity contribution in [1.29, 1.82) is 0 Å². The van der Waals surface area contributed by atoms with Crippen LogP contribution in [0.3, 0.4) is 0 Å². The molecule has 26 heavy (non-hydrogen) atoms. The molecule has 0 radical (unpaired) electrons. The summed E-state index contributed by atoms with van der Waals surface area (Å²) in [6.45, 7) is 0.869. The van der Waals surface area contributed by atoms with Crippen molar-refractivity contribution >= 4 is 17.7 Å². The van der Waals surface area contributed by atoms with Crippen molar-refractivity contribution in [1.82, 2.24) is 5.32 Å². The second-order valence-corrected chi connectivity index (χ2v) is 8.12. The number of fused-ring (bicyclic) bond motifs is 1. The first-order chi connectivity index (χ1) is 12.8. The standard InChI is InChI=1S/C22H25NO2S/c24-22(23-20-12-5-8-16-7-1-2-10-18(16)20)19-11-3-4-13-21(19)26-15-17-9-6-14-25-17/h1-4,7,10-11,13,17,20H,5-6,8-9,12,14-15H2,(H,23,24)/t17-,20+/m1/s1. The van der Waals surface area contributed by atoms with Crippen LogP contribution in [-0.2, 0) is 11.2 Å². The van der Waals surface area contributed by atoms with Gasteiger partial charge in [-0.1, -0.05) is 36.4 Å². The van der Waals surface area contributed by atoms with Crippen LogP contribution in [0.1, 0.15) is 53.2 Å². The molecule has 1 aliphatic heterocycles. The zero-order valence-corrected chi connectivity index (χ0v) is 15.8. The monoisotopic (exact) mass is 367 g/mol. The lowest BCUT2D eigenvalue weighted by atomic mass is 9.87. The van der Waals surface area contributed by atoms with Crippen molar-refractivity contribution in [2.45, 2.75) is 49.1 Å². The van der Waals surface area contributed by atoms with Crippen LogP contribution in [0.5, 0.6) is 0 Å². The highest BCUT2D eigenvalue weighted by Crippen LogP contribution is 2.31. The minimum absolute atomic E-state index is 0.0298. The zero-order valence-electron chi connectivity index (χ0n) is 14.9. The van der Waals surface area contributed by atoms with Crippen LogP contribution in [0.15, 0.2) is 53.4 Å². The summed E-state index contributed by atoms with van der Waals surface area (Å²) in [5.74, 6) is 0.943. The van der Waals surface area contributed by atoms with Crippen molar-refractivity contribution < 1.29 is 9.53 Å². The number of ether oxygens (including phenoxy) is 1. The van der Waals surface area contributed by atoms with E-state index in [4.69, 9.17) is 4.74 Å². The van der Waals surface area contributed by atoms with E-state index in [0.29, 0.717) is 6.10 Å². The summed E-state index contributed by atoms with van der Waals surface area (Å²) in [4.78, 5) is 14.0. The molecule has 1 amide bonds. The average Bonchev–Trinajstić information content (AvgIpc) is 3.20. The average molecular weight is 368 g/mol. The van der Waals surface area contributed by atoms with Gasteiger partial charge in [0, 0.05) is 17.3 Å². The first-order valence-electron chi connectivity index (χ1n) is 9.53. The van der Waals surface area contributed by atoms with E-state index in [9.17, 15) is 4.79 Å². The van der Waals surface area contributed by atoms with E-state index in [2.05, 4.69) is 29.6 Å². The maximum Gasteiger partial charge on any atom is 0.252 e. The van der Waals surface area contributed by atoms with Crippen molar-refractivity contribution in [2.24, 2.45) is 0 Å². The van der Waals surface area contributed by atoms with E-state index in [1.165, 1.54) is 11.1 Å². The van der Waals surface area contributed by atoms with Gasteiger partial charge in [0.15, 0.2) is 0 Å². The van der Waals surface area contributed by atoms with Crippen LogP contribution in [-0.4, -0.2) is 24.4 Å². The summed E-state index contributed by atoms with van der Waals surface area (Å²) >= 11 is 1.73. The van der Waals surface area contributed by atoms with Gasteiger partial charge in [-0.2, -0.15) is 0 Å². The van der Waals surface area contributed by atoms with Crippen LogP contribution in [0.4, 0.5) is 0 Å². The molecule has 4 rings (SSSR count). The Labute approximate surface area is 159 Å². The normalized spacial score (nSPS) is 22.0. The van der Waals surface area contributed by atoms with Crippen molar-refractivity contribution in [3.8, 4) is 0 Å². The van der Waals surface area contributed by atoms with Crippen LogP contribution < -0.4 is 5.32 Å². The molecule has 1 aliphatic carbocycles. The fraction of sp³-hybridized carbons (Fsp3) is 0.409. The molecule has 3 nitrogen and oxygen atoms in total. The Morgan fingerprint density at radius 2 is 1.92 bits per heavy atom. The molecule has 0 aromatic heterocycles. The van der Waals surface area contributed by atoms with Gasteiger partial charge >= 0.3 is 0 Å². The SMILES string of the molecule is O=C(N[C@H]1CCCc2ccccc21)c1ccccc1SC[C@H]1CCCO1. The van der Waals surface area contributed by atoms with Crippen molar-refractivity contribution in [2.75, 3.05) is 12.4 Å². The number of hydrogen-bond acceptors (Lipinski definition) is 3. The van der Waals surface area contributed by atoms with Crippen LogP contribution in [0.25, 0.3) is 0 Å². The van der Waals surface area contributed by atoms with E-state index in [1.807, 2.05) is 24.3 Å². The summed E-state index contributed by atoms with van der Waals surface area (Å²) in [6.07, 6.45) is 5.83. The molecule has 136 valence electrons. The second-order valence-electron chi connectivity index (χ2n) is 7.06. The fourth-order valence-corrected chi connectivity index (χ4v) is 5.00. The Morgan fingerprint density at radius 1 is 1.08 bits per heavy atom. The number of nitrogens with one attached hydrogen (secondary N) is 1. The lowest BCUT2D eigenvalue weighted by Gasteiger charge is -2.26. The number of carbonyl (C=O) groups is 1. The third-order valence-corrected chi connectivity index (χ3v) is 6.46. The molecule has 2 aromatic carbocycles. The van der Waals surface area contributed by atoms with E-state index >= 15 is 0 Å². The molecule has 4 heteroatoms. The third-order valence-electron chi connectivity index (χ3n) is 5.26. The molecule has 2 aromatic rings. The highest BCUT2D eigenvalue weighted by Gasteiger charge is 2.23. The van der Waals surface area contributed by atoms with Gasteiger partial charge in [-0.15, -0.1) is 11.8 Å². The molecule has 1 N–H and O–H groups in total. The first-order valence-corrected chi connectivity index (χ1v) is 10.5. The maximum atomic E-state index is 13.0. The fourth-order valence-electron chi connectivity index (χ4n) is 3.88. The molecular formula is C22H25NO2S. The molecular weight excluding hydrogens is 342 g/mol. The van der Waals surface area contributed by atoms with Crippen LogP contribution in [0.2, 0.25) is 0 Å². The summed E-state index contributed by atoms with van der Waals surface area (Å²) in [5.41, 5.74) is 3.42. The summed E-state index contributed by atoms with van der Waals surface area (Å²) in [6, 6.07) is 16.5. The Kier molecular flexibility index (Phi) is 5.61. The van der Waals surface area contributed by atoms with E-state index in [-0.39, 0.29) is 11.9 Å². The Hall–Kier alpha value is -1.78. The Balaban J connectivity index is 1.47. The van der Waals surface area contributed by atoms with Crippen LogP contribution in [0, 0.1) is 0 Å². The van der Waals surface area contributed by atoms with Gasteiger partial charge in [0.05, 0.1) is 17.7 Å². The van der Waals surface area contributed by atoms with Crippen molar-refractivity contribution in [3.05, 3.63) is 65.2 Å². The number of amides is 1. The summed E-state index contributed by atoms with van der Waals surface area (Å²) in [5, 5.41) is 3.28. The molecule has 1 fully saturated rings. The lowest BCUT2D eigenvalue weighted by molar-refractivity contribution is 0.0929. The zero-order chi connectivity index (χ0) is 17.8. The first kappa shape index (κ1) is 17.6. The number of carbonyl (C=O) groups excluding carboxylic acids is 1. The second kappa shape index (κ2) is 8.28. The molecule has 0 saturated carbocycles. The molecule has 0 unspecified atom stereocenters. The molecule has 1 heterocycles. The van der Waals surface area contributed by atoms with Crippen molar-refractivity contribution in [3.63, 3.8) is 0 Å². The Bertz CT molecular complexity index is 770. The molecule has 2 aliphatic rings. The maximum absolute atomic E-state index is 13.0.